The van der Waals surface area contributed by atoms with Crippen LogP contribution >= 0.6 is 11.8 Å². The fraction of sp³-hybridized carbons (Fsp3) is 0.583. The molecular formula is C12H18N2S. The molecule has 0 aromatic carbocycles. The largest absolute Gasteiger partial charge is 0.324 e. The summed E-state index contributed by atoms with van der Waals surface area (Å²) in [6.45, 7) is 2.02. The molecule has 0 spiro atoms. The topological polar surface area (TPSA) is 38.9 Å². The van der Waals surface area contributed by atoms with Gasteiger partial charge < -0.3 is 5.73 Å². The van der Waals surface area contributed by atoms with Crippen LogP contribution in [0.25, 0.3) is 0 Å². The number of pyridine rings is 1. The maximum Gasteiger partial charge on any atom is 0.101 e. The van der Waals surface area contributed by atoms with Crippen LogP contribution in [0.4, 0.5) is 0 Å². The van der Waals surface area contributed by atoms with E-state index in [1.807, 2.05) is 30.9 Å². The van der Waals surface area contributed by atoms with Gasteiger partial charge in [-0.2, -0.15) is 0 Å². The van der Waals surface area contributed by atoms with Gasteiger partial charge in [-0.05, 0) is 25.8 Å². The molecule has 2 rings (SSSR count). The van der Waals surface area contributed by atoms with Gasteiger partial charge in [-0.3, -0.25) is 0 Å². The molecule has 0 amide bonds. The average molecular weight is 222 g/mol. The Hall–Kier alpha value is -0.540. The third-order valence-electron chi connectivity index (χ3n) is 2.87. The molecule has 0 radical (unpaired) electrons. The van der Waals surface area contributed by atoms with E-state index in [9.17, 15) is 0 Å². The van der Waals surface area contributed by atoms with E-state index < -0.39 is 0 Å². The minimum Gasteiger partial charge on any atom is -0.324 e. The minimum atomic E-state index is 0.0857. The van der Waals surface area contributed by atoms with Gasteiger partial charge in [-0.15, -0.1) is 11.8 Å². The quantitative estimate of drug-likeness (QED) is 0.854. The van der Waals surface area contributed by atoms with Crippen molar-refractivity contribution >= 4 is 11.8 Å². The van der Waals surface area contributed by atoms with Gasteiger partial charge in [-0.1, -0.05) is 18.9 Å². The van der Waals surface area contributed by atoms with Gasteiger partial charge in [0.05, 0.1) is 0 Å². The van der Waals surface area contributed by atoms with Gasteiger partial charge in [-0.25, -0.2) is 4.98 Å². The van der Waals surface area contributed by atoms with E-state index in [2.05, 4.69) is 11.1 Å². The Kier molecular flexibility index (Phi) is 3.65. The van der Waals surface area contributed by atoms with Crippen LogP contribution < -0.4 is 5.73 Å². The summed E-state index contributed by atoms with van der Waals surface area (Å²) in [5.41, 5.74) is 7.12. The van der Waals surface area contributed by atoms with E-state index in [0.29, 0.717) is 0 Å². The van der Waals surface area contributed by atoms with E-state index in [-0.39, 0.29) is 6.04 Å². The van der Waals surface area contributed by atoms with Crippen molar-refractivity contribution in [2.45, 2.75) is 48.9 Å². The first-order chi connectivity index (χ1) is 7.27. The SMILES string of the molecule is C[C@H](N)c1cccnc1SC1CCCC1. The molecule has 0 bridgehead atoms. The van der Waals surface area contributed by atoms with Crippen molar-refractivity contribution in [1.29, 1.82) is 0 Å². The first kappa shape index (κ1) is 11.0. The molecule has 82 valence electrons. The van der Waals surface area contributed by atoms with Gasteiger partial charge in [0.25, 0.3) is 0 Å². The zero-order valence-corrected chi connectivity index (χ0v) is 9.96. The second-order valence-corrected chi connectivity index (χ2v) is 5.50. The van der Waals surface area contributed by atoms with Crippen LogP contribution in [0.2, 0.25) is 0 Å². The van der Waals surface area contributed by atoms with E-state index in [1.54, 1.807) is 0 Å². The Bertz CT molecular complexity index is 319. The standard InChI is InChI=1S/C12H18N2S/c1-9(13)11-7-4-8-14-12(11)15-10-5-2-3-6-10/h4,7-10H,2-3,5-6,13H2,1H3/t9-/m0/s1. The van der Waals surface area contributed by atoms with Crippen LogP contribution in [0.15, 0.2) is 23.4 Å². The number of thioether (sulfide) groups is 1. The zero-order valence-electron chi connectivity index (χ0n) is 9.15. The summed E-state index contributed by atoms with van der Waals surface area (Å²) in [6.07, 6.45) is 7.28. The van der Waals surface area contributed by atoms with Gasteiger partial charge in [0.1, 0.15) is 5.03 Å². The highest BCUT2D eigenvalue weighted by Gasteiger charge is 2.18. The molecule has 1 aromatic heterocycles. The summed E-state index contributed by atoms with van der Waals surface area (Å²) in [5.74, 6) is 0. The van der Waals surface area contributed by atoms with Crippen LogP contribution in [0, 0.1) is 0 Å². The molecule has 1 aromatic rings. The molecular weight excluding hydrogens is 204 g/mol. The van der Waals surface area contributed by atoms with Crippen molar-refractivity contribution in [2.75, 3.05) is 0 Å². The molecule has 1 fully saturated rings. The molecule has 0 saturated heterocycles. The number of hydrogen-bond acceptors (Lipinski definition) is 3. The molecule has 0 aliphatic heterocycles. The molecule has 15 heavy (non-hydrogen) atoms. The van der Waals surface area contributed by atoms with Gasteiger partial charge >= 0.3 is 0 Å². The smallest absolute Gasteiger partial charge is 0.101 e. The van der Waals surface area contributed by atoms with Crippen molar-refractivity contribution < 1.29 is 0 Å². The lowest BCUT2D eigenvalue weighted by molar-refractivity contribution is 0.776. The first-order valence-electron chi connectivity index (χ1n) is 5.64. The molecule has 2 N–H and O–H groups in total. The van der Waals surface area contributed by atoms with E-state index in [4.69, 9.17) is 5.73 Å². The van der Waals surface area contributed by atoms with Crippen LogP contribution in [-0.4, -0.2) is 10.2 Å². The van der Waals surface area contributed by atoms with Crippen molar-refractivity contribution in [1.82, 2.24) is 4.98 Å². The summed E-state index contributed by atoms with van der Waals surface area (Å²) in [5, 5.41) is 1.90. The molecule has 1 heterocycles. The third kappa shape index (κ3) is 2.73. The van der Waals surface area contributed by atoms with Crippen LogP contribution in [0.1, 0.15) is 44.2 Å². The highest BCUT2D eigenvalue weighted by molar-refractivity contribution is 7.99. The van der Waals surface area contributed by atoms with E-state index in [1.165, 1.54) is 31.2 Å². The molecule has 0 unspecified atom stereocenters. The van der Waals surface area contributed by atoms with Gasteiger partial charge in [0.2, 0.25) is 0 Å². The summed E-state index contributed by atoms with van der Waals surface area (Å²) in [6, 6.07) is 4.15. The van der Waals surface area contributed by atoms with Crippen molar-refractivity contribution in [2.24, 2.45) is 5.73 Å². The maximum atomic E-state index is 5.94. The van der Waals surface area contributed by atoms with Crippen LogP contribution in [0.3, 0.4) is 0 Å². The number of hydrogen-bond donors (Lipinski definition) is 1. The molecule has 3 heteroatoms. The Balaban J connectivity index is 2.12. The minimum absolute atomic E-state index is 0.0857. The Labute approximate surface area is 95.7 Å². The number of rotatable bonds is 3. The zero-order chi connectivity index (χ0) is 10.7. The molecule has 1 aliphatic rings. The van der Waals surface area contributed by atoms with Crippen molar-refractivity contribution in [3.05, 3.63) is 23.9 Å². The lowest BCUT2D eigenvalue weighted by atomic mass is 10.2. The molecule has 1 aliphatic carbocycles. The normalized spacial score (nSPS) is 19.3. The monoisotopic (exact) mass is 222 g/mol. The van der Waals surface area contributed by atoms with Gasteiger partial charge in [0.15, 0.2) is 0 Å². The summed E-state index contributed by atoms with van der Waals surface area (Å²) >= 11 is 1.92. The first-order valence-corrected chi connectivity index (χ1v) is 6.52. The van der Waals surface area contributed by atoms with Crippen molar-refractivity contribution in [3.8, 4) is 0 Å². The fourth-order valence-corrected chi connectivity index (χ4v) is 3.41. The highest BCUT2D eigenvalue weighted by Crippen LogP contribution is 2.36. The predicted octanol–water partition coefficient (Wildman–Crippen LogP) is 3.14. The predicted molar refractivity (Wildman–Crippen MR) is 65.0 cm³/mol. The number of nitrogens with zero attached hydrogens (tertiary/aromatic N) is 1. The second-order valence-electron chi connectivity index (χ2n) is 4.21. The Morgan fingerprint density at radius 3 is 2.87 bits per heavy atom. The van der Waals surface area contributed by atoms with Crippen LogP contribution in [-0.2, 0) is 0 Å². The summed E-state index contributed by atoms with van der Waals surface area (Å²) in [7, 11) is 0. The fourth-order valence-electron chi connectivity index (χ4n) is 2.01. The lowest BCUT2D eigenvalue weighted by Gasteiger charge is -2.13. The van der Waals surface area contributed by atoms with E-state index >= 15 is 0 Å². The second kappa shape index (κ2) is 4.99. The molecule has 2 nitrogen and oxygen atoms in total. The lowest BCUT2D eigenvalue weighted by Crippen LogP contribution is -2.08. The maximum absolute atomic E-state index is 5.94. The molecule has 1 saturated carbocycles. The molecule has 1 atom stereocenters. The third-order valence-corrected chi connectivity index (χ3v) is 4.24. The summed E-state index contributed by atoms with van der Waals surface area (Å²) in [4.78, 5) is 4.45. The number of aromatic nitrogens is 1. The Morgan fingerprint density at radius 1 is 1.47 bits per heavy atom. The number of nitrogens with two attached hydrogens (primary N) is 1. The Morgan fingerprint density at radius 2 is 2.20 bits per heavy atom. The average Bonchev–Trinajstić information content (AvgIpc) is 2.71. The van der Waals surface area contributed by atoms with Crippen molar-refractivity contribution in [3.63, 3.8) is 0 Å². The van der Waals surface area contributed by atoms with E-state index in [0.717, 1.165) is 10.3 Å². The highest BCUT2D eigenvalue weighted by atomic mass is 32.2. The van der Waals surface area contributed by atoms with Crippen LogP contribution in [0.5, 0.6) is 0 Å². The summed E-state index contributed by atoms with van der Waals surface area (Å²) < 4.78 is 0. The van der Waals surface area contributed by atoms with Gasteiger partial charge in [0, 0.05) is 23.1 Å².